The molecular weight excluding hydrogens is 358 g/mol. The Morgan fingerprint density at radius 3 is 2.38 bits per heavy atom. The molecule has 136 valence electrons. The van der Waals surface area contributed by atoms with E-state index < -0.39 is 5.75 Å². The smallest absolute Gasteiger partial charge is 0.259 e. The summed E-state index contributed by atoms with van der Waals surface area (Å²) in [6.07, 6.45) is 2.81. The third kappa shape index (κ3) is 5.00. The Labute approximate surface area is 155 Å². The Morgan fingerprint density at radius 2 is 1.81 bits per heavy atom. The Morgan fingerprint density at radius 1 is 1.15 bits per heavy atom. The van der Waals surface area contributed by atoms with Gasteiger partial charge in [-0.15, -0.1) is 0 Å². The van der Waals surface area contributed by atoms with Gasteiger partial charge in [0, 0.05) is 19.7 Å². The van der Waals surface area contributed by atoms with Crippen molar-refractivity contribution in [2.24, 2.45) is 0 Å². The van der Waals surface area contributed by atoms with E-state index in [1.165, 1.54) is 29.2 Å². The number of ketones is 1. The molecule has 0 heterocycles. The van der Waals surface area contributed by atoms with Crippen LogP contribution in [0, 0.1) is 0 Å². The lowest BCUT2D eigenvalue weighted by Gasteiger charge is -2.11. The van der Waals surface area contributed by atoms with Crippen LogP contribution < -0.4 is 4.74 Å². The number of benzene rings is 2. The van der Waals surface area contributed by atoms with Gasteiger partial charge in [0.2, 0.25) is 0 Å². The molecular formula is C19H18ClNO5. The molecule has 6 nitrogen and oxygen atoms in total. The van der Waals surface area contributed by atoms with Crippen molar-refractivity contribution in [1.29, 1.82) is 0 Å². The summed E-state index contributed by atoms with van der Waals surface area (Å²) in [5.74, 6) is -0.707. The Bertz CT molecular complexity index is 821. The molecule has 2 N–H and O–H groups in total. The van der Waals surface area contributed by atoms with E-state index in [0.29, 0.717) is 16.9 Å². The summed E-state index contributed by atoms with van der Waals surface area (Å²) >= 11 is 5.77. The largest absolute Gasteiger partial charge is 0.504 e. The first-order valence-corrected chi connectivity index (χ1v) is 8.02. The molecule has 0 saturated carbocycles. The molecule has 2 aromatic rings. The van der Waals surface area contributed by atoms with Crippen LogP contribution in [0.3, 0.4) is 0 Å². The van der Waals surface area contributed by atoms with E-state index in [1.54, 1.807) is 38.4 Å². The van der Waals surface area contributed by atoms with Crippen LogP contribution in [0.4, 0.5) is 0 Å². The van der Waals surface area contributed by atoms with Gasteiger partial charge in [-0.25, -0.2) is 0 Å². The number of nitrogens with zero attached hydrogens (tertiary/aromatic N) is 1. The molecule has 26 heavy (non-hydrogen) atoms. The number of rotatable bonds is 6. The number of phenols is 2. The number of hydrogen-bond acceptors (Lipinski definition) is 5. The summed E-state index contributed by atoms with van der Waals surface area (Å²) in [4.78, 5) is 25.1. The maximum Gasteiger partial charge on any atom is 0.259 e. The molecule has 0 aliphatic carbocycles. The molecule has 0 unspecified atom stereocenters. The summed E-state index contributed by atoms with van der Waals surface area (Å²) in [6.45, 7) is -0.0781. The number of aromatic hydroxyl groups is 2. The maximum atomic E-state index is 12.2. The van der Waals surface area contributed by atoms with Crippen molar-refractivity contribution < 1.29 is 24.5 Å². The van der Waals surface area contributed by atoms with Gasteiger partial charge >= 0.3 is 0 Å². The molecule has 0 aromatic heterocycles. The van der Waals surface area contributed by atoms with Crippen LogP contribution in [-0.4, -0.2) is 47.5 Å². The fourth-order valence-corrected chi connectivity index (χ4v) is 2.18. The van der Waals surface area contributed by atoms with Gasteiger partial charge < -0.3 is 19.8 Å². The first-order chi connectivity index (χ1) is 12.3. The van der Waals surface area contributed by atoms with E-state index in [9.17, 15) is 19.8 Å². The van der Waals surface area contributed by atoms with Crippen LogP contribution in [0.1, 0.15) is 15.9 Å². The summed E-state index contributed by atoms with van der Waals surface area (Å²) in [5.41, 5.74) is 0.905. The summed E-state index contributed by atoms with van der Waals surface area (Å²) in [7, 11) is 3.28. The molecule has 0 bridgehead atoms. The molecule has 0 spiro atoms. The van der Waals surface area contributed by atoms with Gasteiger partial charge in [0.15, 0.2) is 23.9 Å². The minimum Gasteiger partial charge on any atom is -0.504 e. The van der Waals surface area contributed by atoms with Gasteiger partial charge in [0.25, 0.3) is 5.91 Å². The van der Waals surface area contributed by atoms with Crippen molar-refractivity contribution in [3.63, 3.8) is 0 Å². The lowest BCUT2D eigenvalue weighted by atomic mass is 10.1. The lowest BCUT2D eigenvalue weighted by molar-refractivity contribution is -0.130. The zero-order chi connectivity index (χ0) is 19.3. The number of amides is 1. The highest BCUT2D eigenvalue weighted by Gasteiger charge is 2.08. The predicted molar refractivity (Wildman–Crippen MR) is 98.8 cm³/mol. The molecule has 0 saturated heterocycles. The molecule has 1 amide bonds. The molecule has 2 aromatic carbocycles. The van der Waals surface area contributed by atoms with Crippen molar-refractivity contribution in [3.05, 3.63) is 58.6 Å². The second-order valence-electron chi connectivity index (χ2n) is 5.67. The average Bonchev–Trinajstić information content (AvgIpc) is 2.62. The number of likely N-dealkylation sites (N-methyl/N-ethyl adjacent to an activating group) is 1. The van der Waals surface area contributed by atoms with Gasteiger partial charge in [-0.3, -0.25) is 9.59 Å². The van der Waals surface area contributed by atoms with E-state index >= 15 is 0 Å². The quantitative estimate of drug-likeness (QED) is 0.460. The summed E-state index contributed by atoms with van der Waals surface area (Å²) < 4.78 is 5.34. The van der Waals surface area contributed by atoms with Crippen LogP contribution in [0.15, 0.2) is 42.5 Å². The van der Waals surface area contributed by atoms with Crippen molar-refractivity contribution in [1.82, 2.24) is 4.90 Å². The van der Waals surface area contributed by atoms with Crippen LogP contribution >= 0.6 is 11.6 Å². The van der Waals surface area contributed by atoms with E-state index in [2.05, 4.69) is 0 Å². The average molecular weight is 376 g/mol. The molecule has 0 aliphatic heterocycles. The van der Waals surface area contributed by atoms with Crippen LogP contribution in [-0.2, 0) is 4.79 Å². The van der Waals surface area contributed by atoms with Gasteiger partial charge in [-0.2, -0.15) is 0 Å². The topological polar surface area (TPSA) is 87.1 Å². The number of allylic oxidation sites excluding steroid dienone is 1. The van der Waals surface area contributed by atoms with E-state index in [0.717, 1.165) is 0 Å². The van der Waals surface area contributed by atoms with E-state index in [-0.39, 0.29) is 29.1 Å². The van der Waals surface area contributed by atoms with Gasteiger partial charge in [-0.05, 0) is 48.0 Å². The van der Waals surface area contributed by atoms with E-state index in [4.69, 9.17) is 16.3 Å². The second-order valence-corrected chi connectivity index (χ2v) is 6.08. The standard InChI is InChI=1S/C19H18ClNO5/c1-21(2)18(24)11-26-14-6-4-13(5-7-14)16(22)8-3-12-9-15(20)19(25)17(23)10-12/h3-10,23,25H,11H2,1-2H3/b8-3+. The highest BCUT2D eigenvalue weighted by atomic mass is 35.5. The highest BCUT2D eigenvalue weighted by molar-refractivity contribution is 6.32. The summed E-state index contributed by atoms with van der Waals surface area (Å²) in [5, 5.41) is 18.9. The number of ether oxygens (including phenoxy) is 1. The van der Waals surface area contributed by atoms with Crippen molar-refractivity contribution in [3.8, 4) is 17.2 Å². The lowest BCUT2D eigenvalue weighted by Crippen LogP contribution is -2.27. The second kappa shape index (κ2) is 8.40. The molecule has 2 rings (SSSR count). The molecule has 0 aliphatic rings. The third-order valence-corrected chi connectivity index (χ3v) is 3.78. The molecule has 0 atom stereocenters. The van der Waals surface area contributed by atoms with Crippen LogP contribution in [0.5, 0.6) is 17.2 Å². The summed E-state index contributed by atoms with van der Waals surface area (Å²) in [6, 6.07) is 9.11. The minimum atomic E-state index is -0.404. The Balaban J connectivity index is 2.02. The number of phenolic OH excluding ortho intramolecular Hbond substituents is 2. The fourth-order valence-electron chi connectivity index (χ4n) is 1.96. The Kier molecular flexibility index (Phi) is 6.25. The van der Waals surface area contributed by atoms with Gasteiger partial charge in [-0.1, -0.05) is 17.7 Å². The fraction of sp³-hybridized carbons (Fsp3) is 0.158. The number of hydrogen-bond donors (Lipinski definition) is 2. The normalized spacial score (nSPS) is 10.7. The zero-order valence-corrected chi connectivity index (χ0v) is 15.0. The van der Waals surface area contributed by atoms with E-state index in [1.807, 2.05) is 0 Å². The van der Waals surface area contributed by atoms with Crippen LogP contribution in [0.25, 0.3) is 6.08 Å². The number of carbonyl (C=O) groups excluding carboxylic acids is 2. The van der Waals surface area contributed by atoms with Crippen LogP contribution in [0.2, 0.25) is 5.02 Å². The maximum absolute atomic E-state index is 12.2. The molecule has 0 fully saturated rings. The monoisotopic (exact) mass is 375 g/mol. The zero-order valence-electron chi connectivity index (χ0n) is 14.3. The number of halogens is 1. The Hall–Kier alpha value is -2.99. The predicted octanol–water partition coefficient (Wildman–Crippen LogP) is 3.11. The van der Waals surface area contributed by atoms with Crippen molar-refractivity contribution in [2.45, 2.75) is 0 Å². The van der Waals surface area contributed by atoms with Gasteiger partial charge in [0.1, 0.15) is 5.75 Å². The number of carbonyl (C=O) groups is 2. The first kappa shape index (κ1) is 19.3. The third-order valence-electron chi connectivity index (χ3n) is 3.49. The first-order valence-electron chi connectivity index (χ1n) is 7.65. The SMILES string of the molecule is CN(C)C(=O)COc1ccc(C(=O)/C=C/c2cc(O)c(O)c(Cl)c2)cc1. The molecule has 0 radical (unpaired) electrons. The highest BCUT2D eigenvalue weighted by Crippen LogP contribution is 2.34. The van der Waals surface area contributed by atoms with Crippen molar-refractivity contribution in [2.75, 3.05) is 20.7 Å². The van der Waals surface area contributed by atoms with Gasteiger partial charge in [0.05, 0.1) is 5.02 Å². The van der Waals surface area contributed by atoms with Crippen molar-refractivity contribution >= 4 is 29.4 Å². The minimum absolute atomic E-state index is 0.00845. The molecule has 7 heteroatoms.